The molecule has 0 bridgehead atoms. The predicted octanol–water partition coefficient (Wildman–Crippen LogP) is 5.23. The van der Waals surface area contributed by atoms with Crippen molar-refractivity contribution in [2.45, 2.75) is 75.8 Å². The summed E-state index contributed by atoms with van der Waals surface area (Å²) >= 11 is 6.20. The zero-order valence-electron chi connectivity index (χ0n) is 17.8. The molecule has 2 aromatic rings. The first-order chi connectivity index (χ1) is 14.3. The van der Waals surface area contributed by atoms with Gasteiger partial charge in [0.2, 0.25) is 5.82 Å². The van der Waals surface area contributed by atoms with Gasteiger partial charge in [0.1, 0.15) is 5.82 Å². The average molecular weight is 515 g/mol. The van der Waals surface area contributed by atoms with Crippen LogP contribution in [0.2, 0.25) is 5.02 Å². The standard InChI is InChI=1S/C21H27ClF3N5.2ClH/c1-2-16-11-18-27-28-19(21(23,24)25)30(18)13-29(16)17-6-8-20(12-26,9-7-17)14-4-3-5-15(22)10-14;;/h3-5,10,16-17H,2,6-9,11-13,26H2,1H3;2*1H/t16?,17-,20-;;. The minimum atomic E-state index is -4.50. The molecule has 0 spiro atoms. The zero-order valence-corrected chi connectivity index (χ0v) is 20.2. The monoisotopic (exact) mass is 513 g/mol. The van der Waals surface area contributed by atoms with Crippen molar-refractivity contribution in [3.05, 3.63) is 46.5 Å². The van der Waals surface area contributed by atoms with Crippen molar-refractivity contribution >= 4 is 36.4 Å². The van der Waals surface area contributed by atoms with E-state index in [0.717, 1.165) is 37.7 Å². The van der Waals surface area contributed by atoms with Crippen LogP contribution in [0.5, 0.6) is 0 Å². The Morgan fingerprint density at radius 1 is 1.19 bits per heavy atom. The Morgan fingerprint density at radius 3 is 2.44 bits per heavy atom. The van der Waals surface area contributed by atoms with Gasteiger partial charge in [-0.1, -0.05) is 30.7 Å². The van der Waals surface area contributed by atoms with Crippen LogP contribution in [-0.4, -0.2) is 38.3 Å². The Labute approximate surface area is 203 Å². The van der Waals surface area contributed by atoms with E-state index in [0.29, 0.717) is 23.8 Å². The third kappa shape index (κ3) is 5.04. The number of rotatable bonds is 4. The van der Waals surface area contributed by atoms with Crippen LogP contribution in [0, 0.1) is 0 Å². The molecule has 4 rings (SSSR count). The molecule has 1 aromatic heterocycles. The molecule has 2 aliphatic rings. The van der Waals surface area contributed by atoms with Gasteiger partial charge < -0.3 is 5.73 Å². The number of halogens is 6. The molecule has 1 aromatic carbocycles. The first-order valence-corrected chi connectivity index (χ1v) is 10.9. The second-order valence-electron chi connectivity index (χ2n) is 8.51. The molecule has 2 N–H and O–H groups in total. The molecule has 0 amide bonds. The summed E-state index contributed by atoms with van der Waals surface area (Å²) in [5.74, 6) is -0.473. The summed E-state index contributed by atoms with van der Waals surface area (Å²) in [6, 6.07) is 8.26. The van der Waals surface area contributed by atoms with Gasteiger partial charge in [0.05, 0.1) is 6.67 Å². The highest BCUT2D eigenvalue weighted by molar-refractivity contribution is 6.30. The van der Waals surface area contributed by atoms with Crippen LogP contribution in [0.25, 0.3) is 0 Å². The summed E-state index contributed by atoms with van der Waals surface area (Å²) in [5, 5.41) is 7.95. The molecule has 1 aliphatic heterocycles. The van der Waals surface area contributed by atoms with Crippen LogP contribution in [0.15, 0.2) is 24.3 Å². The minimum absolute atomic E-state index is 0. The minimum Gasteiger partial charge on any atom is -0.330 e. The molecule has 1 fully saturated rings. The number of alkyl halides is 3. The number of hydrogen-bond acceptors (Lipinski definition) is 4. The smallest absolute Gasteiger partial charge is 0.330 e. The molecule has 5 nitrogen and oxygen atoms in total. The van der Waals surface area contributed by atoms with E-state index in [9.17, 15) is 13.2 Å². The Morgan fingerprint density at radius 2 is 1.88 bits per heavy atom. The van der Waals surface area contributed by atoms with E-state index < -0.39 is 12.0 Å². The largest absolute Gasteiger partial charge is 0.451 e. The second kappa shape index (κ2) is 10.5. The Hall–Kier alpha value is -1.06. The van der Waals surface area contributed by atoms with Crippen LogP contribution in [0.4, 0.5) is 13.2 Å². The molecule has 32 heavy (non-hydrogen) atoms. The zero-order chi connectivity index (χ0) is 21.5. The van der Waals surface area contributed by atoms with Gasteiger partial charge in [-0.3, -0.25) is 9.47 Å². The lowest BCUT2D eigenvalue weighted by Gasteiger charge is -2.47. The highest BCUT2D eigenvalue weighted by Gasteiger charge is 2.44. The van der Waals surface area contributed by atoms with Crippen LogP contribution in [0.3, 0.4) is 0 Å². The maximum atomic E-state index is 13.4. The second-order valence-corrected chi connectivity index (χ2v) is 8.95. The van der Waals surface area contributed by atoms with E-state index in [1.165, 1.54) is 4.57 Å². The van der Waals surface area contributed by atoms with Gasteiger partial charge in [0.25, 0.3) is 0 Å². The van der Waals surface area contributed by atoms with Crippen molar-refractivity contribution in [2.75, 3.05) is 6.54 Å². The van der Waals surface area contributed by atoms with Gasteiger partial charge >= 0.3 is 6.18 Å². The van der Waals surface area contributed by atoms with Crippen LogP contribution in [-0.2, 0) is 24.7 Å². The highest BCUT2D eigenvalue weighted by Crippen LogP contribution is 2.42. The van der Waals surface area contributed by atoms with Gasteiger partial charge in [-0.05, 0) is 49.8 Å². The predicted molar refractivity (Wildman–Crippen MR) is 124 cm³/mol. The van der Waals surface area contributed by atoms with E-state index in [1.54, 1.807) is 0 Å². The molecule has 11 heteroatoms. The van der Waals surface area contributed by atoms with Crippen molar-refractivity contribution in [1.82, 2.24) is 19.7 Å². The van der Waals surface area contributed by atoms with E-state index in [1.807, 2.05) is 18.2 Å². The lowest BCUT2D eigenvalue weighted by Crippen LogP contribution is -2.52. The SMILES string of the molecule is CCC1Cc2nnc(C(F)(F)F)n2CN1[C@H]1CC[C@](CN)(c2cccc(Cl)c2)CC1.Cl.Cl. The summed E-state index contributed by atoms with van der Waals surface area (Å²) in [6.07, 6.45) is 0.417. The first-order valence-electron chi connectivity index (χ1n) is 10.5. The third-order valence-electron chi connectivity index (χ3n) is 6.95. The normalized spacial score (nSPS) is 26.1. The number of benzene rings is 1. The van der Waals surface area contributed by atoms with E-state index in [-0.39, 0.29) is 49.0 Å². The Balaban J connectivity index is 0.00000181. The quantitative estimate of drug-likeness (QED) is 0.607. The van der Waals surface area contributed by atoms with E-state index in [4.69, 9.17) is 17.3 Å². The maximum absolute atomic E-state index is 13.4. The first kappa shape index (κ1) is 27.2. The molecule has 0 radical (unpaired) electrons. The van der Waals surface area contributed by atoms with Gasteiger partial charge in [0, 0.05) is 35.5 Å². The van der Waals surface area contributed by atoms with Crippen LogP contribution < -0.4 is 5.73 Å². The van der Waals surface area contributed by atoms with Gasteiger partial charge in [0.15, 0.2) is 0 Å². The Bertz CT molecular complexity index is 897. The lowest BCUT2D eigenvalue weighted by molar-refractivity contribution is -0.149. The fourth-order valence-electron chi connectivity index (χ4n) is 5.16. The average Bonchev–Trinajstić information content (AvgIpc) is 3.16. The highest BCUT2D eigenvalue weighted by atomic mass is 35.5. The van der Waals surface area contributed by atoms with Crippen molar-refractivity contribution in [3.8, 4) is 0 Å². The fraction of sp³-hybridized carbons (Fsp3) is 0.619. The van der Waals surface area contributed by atoms with E-state index in [2.05, 4.69) is 28.1 Å². The summed E-state index contributed by atoms with van der Waals surface area (Å²) < 4.78 is 41.3. The van der Waals surface area contributed by atoms with Crippen molar-refractivity contribution in [3.63, 3.8) is 0 Å². The van der Waals surface area contributed by atoms with Crippen molar-refractivity contribution in [2.24, 2.45) is 5.73 Å². The molecule has 1 saturated carbocycles. The van der Waals surface area contributed by atoms with Crippen LogP contribution in [0.1, 0.15) is 56.2 Å². The lowest BCUT2D eigenvalue weighted by atomic mass is 9.68. The van der Waals surface area contributed by atoms with Gasteiger partial charge in [-0.25, -0.2) is 0 Å². The number of hydrogen-bond donors (Lipinski definition) is 1. The molecule has 1 unspecified atom stereocenters. The topological polar surface area (TPSA) is 60.0 Å². The number of aromatic nitrogens is 3. The molecule has 1 atom stereocenters. The summed E-state index contributed by atoms with van der Waals surface area (Å²) in [6.45, 7) is 2.80. The number of fused-ring (bicyclic) bond motifs is 1. The number of nitrogens with two attached hydrogens (primary N) is 1. The summed E-state index contributed by atoms with van der Waals surface area (Å²) in [7, 11) is 0. The third-order valence-corrected chi connectivity index (χ3v) is 7.19. The molecule has 0 saturated heterocycles. The molecular weight excluding hydrogens is 486 g/mol. The summed E-state index contributed by atoms with van der Waals surface area (Å²) in [4.78, 5) is 2.23. The fourth-order valence-corrected chi connectivity index (χ4v) is 5.35. The molecule has 180 valence electrons. The van der Waals surface area contributed by atoms with Crippen molar-refractivity contribution < 1.29 is 13.2 Å². The molecule has 2 heterocycles. The number of nitrogens with zero attached hydrogens (tertiary/aromatic N) is 4. The van der Waals surface area contributed by atoms with Crippen molar-refractivity contribution in [1.29, 1.82) is 0 Å². The van der Waals surface area contributed by atoms with Gasteiger partial charge in [-0.15, -0.1) is 35.0 Å². The molecule has 1 aliphatic carbocycles. The van der Waals surface area contributed by atoms with Gasteiger partial charge in [-0.2, -0.15) is 13.2 Å². The maximum Gasteiger partial charge on any atom is 0.451 e. The summed E-state index contributed by atoms with van der Waals surface area (Å²) in [5.41, 5.74) is 7.24. The van der Waals surface area contributed by atoms with Crippen LogP contribution >= 0.6 is 36.4 Å². The molecular formula is C21H29Cl3F3N5. The Kier molecular flexibility index (Phi) is 8.89. The van der Waals surface area contributed by atoms with E-state index >= 15 is 0 Å².